The Hall–Kier alpha value is -4.44. The summed E-state index contributed by atoms with van der Waals surface area (Å²) in [5.41, 5.74) is 0.417. The van der Waals surface area contributed by atoms with Crippen LogP contribution >= 0.6 is 11.6 Å². The Bertz CT molecular complexity index is 1550. The summed E-state index contributed by atoms with van der Waals surface area (Å²) >= 11 is 5.95. The molecule has 178 valence electrons. The molecule has 0 radical (unpaired) electrons. The van der Waals surface area contributed by atoms with Crippen LogP contribution in [-0.2, 0) is 18.3 Å². The van der Waals surface area contributed by atoms with Crippen molar-refractivity contribution in [2.24, 2.45) is 12.0 Å². The van der Waals surface area contributed by atoms with Gasteiger partial charge in [0.05, 0.1) is 19.3 Å². The van der Waals surface area contributed by atoms with E-state index in [2.05, 4.69) is 19.7 Å². The number of ether oxygens (including phenoxy) is 2. The van der Waals surface area contributed by atoms with E-state index >= 15 is 0 Å². The van der Waals surface area contributed by atoms with Gasteiger partial charge in [0, 0.05) is 24.3 Å². The number of hydrogen-bond acceptors (Lipinski definition) is 7. The van der Waals surface area contributed by atoms with Crippen molar-refractivity contribution in [3.63, 3.8) is 0 Å². The van der Waals surface area contributed by atoms with Gasteiger partial charge in [-0.15, -0.1) is 0 Å². The minimum Gasteiger partial charge on any atom is -0.464 e. The summed E-state index contributed by atoms with van der Waals surface area (Å²) in [6.07, 6.45) is 1.44. The summed E-state index contributed by atoms with van der Waals surface area (Å²) in [4.78, 5) is 47.7. The molecule has 35 heavy (non-hydrogen) atoms. The molecule has 1 N–H and O–H groups in total. The lowest BCUT2D eigenvalue weighted by molar-refractivity contribution is 0.0593. The Morgan fingerprint density at radius 3 is 2.46 bits per heavy atom. The number of nitrogens with one attached hydrogen (secondary N) is 1. The predicted molar refractivity (Wildman–Crippen MR) is 128 cm³/mol. The van der Waals surface area contributed by atoms with Crippen molar-refractivity contribution in [2.45, 2.75) is 6.54 Å². The number of aromatic amines is 1. The van der Waals surface area contributed by atoms with Gasteiger partial charge < -0.3 is 9.47 Å². The van der Waals surface area contributed by atoms with Crippen molar-refractivity contribution in [1.29, 1.82) is 0 Å². The summed E-state index contributed by atoms with van der Waals surface area (Å²) in [5, 5.41) is 0.577. The van der Waals surface area contributed by atoms with Crippen molar-refractivity contribution in [3.05, 3.63) is 110 Å². The van der Waals surface area contributed by atoms with Crippen LogP contribution < -0.4 is 21.7 Å². The predicted octanol–water partition coefficient (Wildman–Crippen LogP) is 2.78. The average molecular weight is 494 g/mol. The van der Waals surface area contributed by atoms with Crippen LogP contribution in [0.4, 0.5) is 5.69 Å². The molecule has 2 aromatic heterocycles. The fourth-order valence-corrected chi connectivity index (χ4v) is 3.27. The van der Waals surface area contributed by atoms with E-state index in [-0.39, 0.29) is 17.9 Å². The molecule has 0 aliphatic rings. The lowest BCUT2D eigenvalue weighted by Gasteiger charge is -2.09. The zero-order valence-electron chi connectivity index (χ0n) is 18.8. The zero-order valence-corrected chi connectivity index (χ0v) is 19.5. The van der Waals surface area contributed by atoms with Gasteiger partial charge in [-0.25, -0.2) is 28.9 Å². The molecule has 0 atom stereocenters. The first kappa shape index (κ1) is 23.7. The van der Waals surface area contributed by atoms with Crippen molar-refractivity contribution in [3.8, 4) is 11.5 Å². The smallest absolute Gasteiger partial charge is 0.356 e. The quantitative estimate of drug-likeness (QED) is 0.412. The third kappa shape index (κ3) is 5.56. The topological polar surface area (TPSA) is 121 Å². The number of hydrogen-bond donors (Lipinski definition) is 1. The maximum atomic E-state index is 12.8. The van der Waals surface area contributed by atoms with Crippen LogP contribution in [0.25, 0.3) is 0 Å². The first-order valence-corrected chi connectivity index (χ1v) is 10.7. The van der Waals surface area contributed by atoms with Gasteiger partial charge in [0.1, 0.15) is 11.5 Å². The van der Waals surface area contributed by atoms with Crippen LogP contribution in [0, 0.1) is 0 Å². The molecule has 4 rings (SSSR count). The molecule has 0 saturated carbocycles. The number of pyridine rings is 1. The molecule has 11 heteroatoms. The molecule has 0 spiro atoms. The number of aromatic nitrogens is 4. The number of nitrogens with zero attached hydrogens (tertiary/aromatic N) is 4. The number of methoxy groups -OCH3 is 1. The maximum Gasteiger partial charge on any atom is 0.356 e. The molecule has 2 aromatic carbocycles. The number of carbonyl (C=O) groups is 1. The maximum absolute atomic E-state index is 12.8. The van der Waals surface area contributed by atoms with E-state index in [0.29, 0.717) is 22.2 Å². The zero-order chi connectivity index (χ0) is 24.9. The fourth-order valence-electron chi connectivity index (χ4n) is 3.15. The molecule has 2 heterocycles. The normalized spacial score (nSPS) is 11.3. The second-order valence-electron chi connectivity index (χ2n) is 7.38. The van der Waals surface area contributed by atoms with Crippen LogP contribution in [0.5, 0.6) is 11.5 Å². The fraction of sp³-hybridized carbons (Fsp3) is 0.125. The van der Waals surface area contributed by atoms with Crippen LogP contribution in [-0.4, -0.2) is 32.2 Å². The minimum absolute atomic E-state index is 0.0959. The molecular weight excluding hydrogens is 474 g/mol. The van der Waals surface area contributed by atoms with E-state index in [4.69, 9.17) is 16.3 Å². The first-order valence-electron chi connectivity index (χ1n) is 10.4. The Morgan fingerprint density at radius 2 is 1.77 bits per heavy atom. The van der Waals surface area contributed by atoms with E-state index in [1.165, 1.54) is 31.0 Å². The van der Waals surface area contributed by atoms with Gasteiger partial charge in [-0.1, -0.05) is 23.7 Å². The van der Waals surface area contributed by atoms with E-state index in [9.17, 15) is 14.4 Å². The molecule has 0 fully saturated rings. The highest BCUT2D eigenvalue weighted by atomic mass is 35.5. The second kappa shape index (κ2) is 10.2. The number of rotatable bonds is 6. The van der Waals surface area contributed by atoms with Gasteiger partial charge in [-0.3, -0.25) is 9.55 Å². The largest absolute Gasteiger partial charge is 0.464 e. The lowest BCUT2D eigenvalue weighted by atomic mass is 10.2. The van der Waals surface area contributed by atoms with Gasteiger partial charge in [0.15, 0.2) is 5.69 Å². The molecule has 0 saturated heterocycles. The number of halogens is 1. The standard InChI is InChI=1S/C24H20ClN5O5/c1-29-23(32)28-22(30(24(29)33)14-15-3-5-16(25)6-4-15)27-17-7-9-18(10-8-17)35-19-11-12-26-20(13-19)21(31)34-2/h3-13H,14H2,1-2H3,(H,27,28,32). The summed E-state index contributed by atoms with van der Waals surface area (Å²) in [7, 11) is 2.66. The van der Waals surface area contributed by atoms with Crippen LogP contribution in [0.15, 0.2) is 81.4 Å². The number of carbonyl (C=O) groups excluding carboxylic acids is 1. The summed E-state index contributed by atoms with van der Waals surface area (Å²) in [6, 6.07) is 16.8. The molecule has 0 aliphatic heterocycles. The van der Waals surface area contributed by atoms with Crippen molar-refractivity contribution >= 4 is 23.3 Å². The highest BCUT2D eigenvalue weighted by molar-refractivity contribution is 6.30. The van der Waals surface area contributed by atoms with E-state index < -0.39 is 17.3 Å². The van der Waals surface area contributed by atoms with E-state index in [1.54, 1.807) is 54.6 Å². The summed E-state index contributed by atoms with van der Waals surface area (Å²) in [6.45, 7) is 0.186. The minimum atomic E-state index is -0.583. The average Bonchev–Trinajstić information content (AvgIpc) is 2.87. The van der Waals surface area contributed by atoms with E-state index in [1.807, 2.05) is 0 Å². The van der Waals surface area contributed by atoms with Gasteiger partial charge in [0.25, 0.3) is 0 Å². The third-order valence-corrected chi connectivity index (χ3v) is 5.24. The Morgan fingerprint density at radius 1 is 1.06 bits per heavy atom. The van der Waals surface area contributed by atoms with Gasteiger partial charge in [0.2, 0.25) is 5.62 Å². The monoisotopic (exact) mass is 493 g/mol. The van der Waals surface area contributed by atoms with Crippen LogP contribution in [0.1, 0.15) is 16.1 Å². The number of benzene rings is 2. The third-order valence-electron chi connectivity index (χ3n) is 4.98. The van der Waals surface area contributed by atoms with Crippen LogP contribution in [0.3, 0.4) is 0 Å². The Balaban J connectivity index is 1.64. The van der Waals surface area contributed by atoms with Gasteiger partial charge in [-0.05, 0) is 48.0 Å². The van der Waals surface area contributed by atoms with Gasteiger partial charge in [-0.2, -0.15) is 0 Å². The molecular formula is C24H20ClN5O5. The summed E-state index contributed by atoms with van der Waals surface area (Å²) < 4.78 is 12.8. The Labute approximate surface area is 203 Å². The molecule has 10 nitrogen and oxygen atoms in total. The highest BCUT2D eigenvalue weighted by Gasteiger charge is 2.09. The molecule has 4 aromatic rings. The second-order valence-corrected chi connectivity index (χ2v) is 7.82. The molecule has 0 aliphatic carbocycles. The molecule has 0 bridgehead atoms. The Kier molecular flexibility index (Phi) is 6.93. The van der Waals surface area contributed by atoms with Crippen molar-refractivity contribution in [1.82, 2.24) is 19.1 Å². The SMILES string of the molecule is COC(=O)c1cc(Oc2ccc(/N=c3\[nH]c(=O)n(C)c(=O)n3Cc3ccc(Cl)cc3)cc2)ccn1. The molecule has 0 unspecified atom stereocenters. The van der Waals surface area contributed by atoms with Crippen LogP contribution in [0.2, 0.25) is 5.02 Å². The van der Waals surface area contributed by atoms with Crippen molar-refractivity contribution in [2.75, 3.05) is 7.11 Å². The lowest BCUT2D eigenvalue weighted by Crippen LogP contribution is -2.48. The first-order chi connectivity index (χ1) is 16.8. The van der Waals surface area contributed by atoms with Gasteiger partial charge >= 0.3 is 17.3 Å². The van der Waals surface area contributed by atoms with E-state index in [0.717, 1.165) is 10.1 Å². The summed E-state index contributed by atoms with van der Waals surface area (Å²) in [5.74, 6) is 0.318. The van der Waals surface area contributed by atoms with Crippen molar-refractivity contribution < 1.29 is 14.3 Å². The molecule has 0 amide bonds. The number of esters is 1. The number of H-pyrrole nitrogens is 1. The highest BCUT2D eigenvalue weighted by Crippen LogP contribution is 2.24.